The van der Waals surface area contributed by atoms with E-state index in [0.29, 0.717) is 19.3 Å². The van der Waals surface area contributed by atoms with Crippen molar-refractivity contribution in [3.8, 4) is 0 Å². The van der Waals surface area contributed by atoms with Crippen molar-refractivity contribution in [1.82, 2.24) is 0 Å². The van der Waals surface area contributed by atoms with Crippen LogP contribution in [-0.4, -0.2) is 20.1 Å². The van der Waals surface area contributed by atoms with Crippen molar-refractivity contribution in [2.24, 2.45) is 11.8 Å². The summed E-state index contributed by atoms with van der Waals surface area (Å²) < 4.78 is 5.89. The Morgan fingerprint density at radius 3 is 2.48 bits per heavy atom. The van der Waals surface area contributed by atoms with Crippen molar-refractivity contribution >= 4 is 20.1 Å². The highest BCUT2D eigenvalue weighted by molar-refractivity contribution is 6.75. The summed E-state index contributed by atoms with van der Waals surface area (Å²) in [5, 5.41) is 0.00286. The maximum Gasteiger partial charge on any atom is 0.296 e. The standard InChI is InChI=1S/C17H30O3Si/c1-7-8-9-10-13-14(11-12-15(13)18)16(19)20-21(5,6)17(2,3)4/h8-9,13-14H,7,10-12H2,1-6H3/b9-8+/t13-,14+/m1/s1. The summed E-state index contributed by atoms with van der Waals surface area (Å²) >= 11 is 0. The van der Waals surface area contributed by atoms with Gasteiger partial charge < -0.3 is 4.43 Å². The van der Waals surface area contributed by atoms with Crippen LogP contribution in [0.4, 0.5) is 0 Å². The molecule has 4 heteroatoms. The molecule has 1 rings (SSSR count). The molecule has 0 N–H and O–H groups in total. The zero-order valence-electron chi connectivity index (χ0n) is 14.4. The van der Waals surface area contributed by atoms with Crippen LogP contribution < -0.4 is 0 Å². The fourth-order valence-electron chi connectivity index (χ4n) is 2.38. The lowest BCUT2D eigenvalue weighted by Crippen LogP contribution is -2.44. The zero-order chi connectivity index (χ0) is 16.3. The maximum absolute atomic E-state index is 12.5. The Hall–Kier alpha value is -0.903. The van der Waals surface area contributed by atoms with Crippen LogP contribution in [0, 0.1) is 11.8 Å². The minimum Gasteiger partial charge on any atom is -0.519 e. The summed E-state index contributed by atoms with van der Waals surface area (Å²) in [6, 6.07) is 0. The molecule has 0 amide bonds. The van der Waals surface area contributed by atoms with E-state index in [4.69, 9.17) is 4.43 Å². The van der Waals surface area contributed by atoms with Crippen LogP contribution in [0.5, 0.6) is 0 Å². The first-order valence-electron chi connectivity index (χ1n) is 8.00. The third-order valence-corrected chi connectivity index (χ3v) is 9.18. The first kappa shape index (κ1) is 18.1. The summed E-state index contributed by atoms with van der Waals surface area (Å²) in [6.07, 6.45) is 6.88. The average molecular weight is 311 g/mol. The molecule has 1 fully saturated rings. The Balaban J connectivity index is 2.76. The van der Waals surface area contributed by atoms with Gasteiger partial charge in [0, 0.05) is 12.3 Å². The van der Waals surface area contributed by atoms with Gasteiger partial charge in [-0.1, -0.05) is 39.8 Å². The van der Waals surface area contributed by atoms with E-state index < -0.39 is 8.32 Å². The first-order chi connectivity index (χ1) is 9.60. The maximum atomic E-state index is 12.5. The van der Waals surface area contributed by atoms with Gasteiger partial charge in [-0.05, 0) is 37.4 Å². The van der Waals surface area contributed by atoms with Gasteiger partial charge in [-0.15, -0.1) is 0 Å². The molecule has 1 saturated carbocycles. The largest absolute Gasteiger partial charge is 0.519 e. The third kappa shape index (κ3) is 4.53. The summed E-state index contributed by atoms with van der Waals surface area (Å²) in [5.41, 5.74) is 0. The molecule has 2 atom stereocenters. The number of allylic oxidation sites excluding steroid dienone is 2. The fraction of sp³-hybridized carbons (Fsp3) is 0.765. The highest BCUT2D eigenvalue weighted by Crippen LogP contribution is 2.39. The van der Waals surface area contributed by atoms with Gasteiger partial charge in [0.05, 0.1) is 5.92 Å². The molecule has 3 nitrogen and oxygen atoms in total. The SMILES string of the molecule is CC/C=C/C[C@H]1C(=O)CC[C@@H]1C(=O)O[Si](C)(C)C(C)(C)C. The number of hydrogen-bond acceptors (Lipinski definition) is 3. The monoisotopic (exact) mass is 310 g/mol. The summed E-state index contributed by atoms with van der Waals surface area (Å²) in [6.45, 7) is 12.6. The second-order valence-electron chi connectivity index (χ2n) is 7.51. The van der Waals surface area contributed by atoms with Crippen LogP contribution in [0.1, 0.15) is 53.4 Å². The van der Waals surface area contributed by atoms with Crippen molar-refractivity contribution in [2.75, 3.05) is 0 Å². The first-order valence-corrected chi connectivity index (χ1v) is 10.9. The summed E-state index contributed by atoms with van der Waals surface area (Å²) in [7, 11) is -2.10. The molecule has 0 bridgehead atoms. The van der Waals surface area contributed by atoms with Crippen molar-refractivity contribution in [3.05, 3.63) is 12.2 Å². The van der Waals surface area contributed by atoms with E-state index in [2.05, 4.69) is 46.9 Å². The van der Waals surface area contributed by atoms with E-state index in [1.807, 2.05) is 6.08 Å². The van der Waals surface area contributed by atoms with E-state index >= 15 is 0 Å². The van der Waals surface area contributed by atoms with Gasteiger partial charge in [-0.3, -0.25) is 9.59 Å². The van der Waals surface area contributed by atoms with Gasteiger partial charge in [-0.25, -0.2) is 0 Å². The number of carbonyl (C=O) groups is 2. The number of rotatable bonds is 5. The molecule has 1 aliphatic carbocycles. The Labute approximate surface area is 130 Å². The van der Waals surface area contributed by atoms with Gasteiger partial charge in [0.25, 0.3) is 14.3 Å². The van der Waals surface area contributed by atoms with E-state index in [9.17, 15) is 9.59 Å². The Morgan fingerprint density at radius 1 is 1.33 bits per heavy atom. The molecule has 0 aromatic carbocycles. The number of carbonyl (C=O) groups excluding carboxylic acids is 2. The van der Waals surface area contributed by atoms with Gasteiger partial charge >= 0.3 is 0 Å². The topological polar surface area (TPSA) is 43.4 Å². The van der Waals surface area contributed by atoms with Crippen molar-refractivity contribution in [2.45, 2.75) is 71.5 Å². The molecular formula is C17H30O3Si. The molecule has 0 aromatic heterocycles. The summed E-state index contributed by atoms with van der Waals surface area (Å²) in [4.78, 5) is 24.5. The molecule has 1 aliphatic rings. The molecular weight excluding hydrogens is 280 g/mol. The minimum atomic E-state index is -2.10. The van der Waals surface area contributed by atoms with Crippen molar-refractivity contribution in [1.29, 1.82) is 0 Å². The third-order valence-electron chi connectivity index (χ3n) is 4.86. The van der Waals surface area contributed by atoms with Crippen molar-refractivity contribution in [3.63, 3.8) is 0 Å². The van der Waals surface area contributed by atoms with Gasteiger partial charge in [0.1, 0.15) is 5.78 Å². The van der Waals surface area contributed by atoms with Gasteiger partial charge in [0.2, 0.25) is 0 Å². The lowest BCUT2D eigenvalue weighted by molar-refractivity contribution is -0.142. The van der Waals surface area contributed by atoms with Crippen LogP contribution in [0.15, 0.2) is 12.2 Å². The minimum absolute atomic E-state index is 0.00286. The Bertz CT molecular complexity index is 418. The smallest absolute Gasteiger partial charge is 0.296 e. The fourth-order valence-corrected chi connectivity index (χ4v) is 3.34. The van der Waals surface area contributed by atoms with Gasteiger partial charge in [0.15, 0.2) is 0 Å². The molecule has 0 spiro atoms. The highest BCUT2D eigenvalue weighted by Gasteiger charge is 2.45. The van der Waals surface area contributed by atoms with Crippen LogP contribution in [0.3, 0.4) is 0 Å². The molecule has 120 valence electrons. The lowest BCUT2D eigenvalue weighted by atomic mass is 9.92. The highest BCUT2D eigenvalue weighted by atomic mass is 28.4. The zero-order valence-corrected chi connectivity index (χ0v) is 15.4. The molecule has 0 heterocycles. The number of hydrogen-bond donors (Lipinski definition) is 0. The molecule has 0 unspecified atom stereocenters. The van der Waals surface area contributed by atoms with Crippen molar-refractivity contribution < 1.29 is 14.0 Å². The predicted octanol–water partition coefficient (Wildman–Crippen LogP) is 4.49. The Kier molecular flexibility index (Phi) is 5.97. The number of ketones is 1. The molecule has 0 saturated heterocycles. The molecule has 0 aromatic rings. The van der Waals surface area contributed by atoms with E-state index in [1.165, 1.54) is 0 Å². The van der Waals surface area contributed by atoms with Crippen LogP contribution in [0.2, 0.25) is 18.1 Å². The van der Waals surface area contributed by atoms with E-state index in [-0.39, 0.29) is 28.6 Å². The molecule has 0 aliphatic heterocycles. The quantitative estimate of drug-likeness (QED) is 0.555. The average Bonchev–Trinajstić information content (AvgIpc) is 2.69. The van der Waals surface area contributed by atoms with E-state index in [0.717, 1.165) is 6.42 Å². The normalized spacial score (nSPS) is 23.8. The van der Waals surface area contributed by atoms with E-state index in [1.54, 1.807) is 0 Å². The van der Waals surface area contributed by atoms with Crippen LogP contribution in [0.25, 0.3) is 0 Å². The predicted molar refractivity (Wildman–Crippen MR) is 88.6 cm³/mol. The molecule has 21 heavy (non-hydrogen) atoms. The second-order valence-corrected chi connectivity index (χ2v) is 12.2. The number of Topliss-reactive ketones (excluding diaryl/α,β-unsaturated/α-hetero) is 1. The Morgan fingerprint density at radius 2 is 1.95 bits per heavy atom. The molecule has 0 radical (unpaired) electrons. The van der Waals surface area contributed by atoms with Crippen LogP contribution >= 0.6 is 0 Å². The second kappa shape index (κ2) is 6.90. The lowest BCUT2D eigenvalue weighted by Gasteiger charge is -2.36. The summed E-state index contributed by atoms with van der Waals surface area (Å²) in [5.74, 6) is -0.353. The van der Waals surface area contributed by atoms with Gasteiger partial charge in [-0.2, -0.15) is 0 Å². The van der Waals surface area contributed by atoms with Crippen LogP contribution in [-0.2, 0) is 14.0 Å².